The van der Waals surface area contributed by atoms with Gasteiger partial charge in [0.1, 0.15) is 4.21 Å². The zero-order valence-corrected chi connectivity index (χ0v) is 15.5. The van der Waals surface area contributed by atoms with E-state index in [2.05, 4.69) is 9.71 Å². The number of halogens is 1. The van der Waals surface area contributed by atoms with E-state index < -0.39 is 10.0 Å². The molecule has 0 amide bonds. The van der Waals surface area contributed by atoms with Crippen molar-refractivity contribution in [3.8, 4) is 10.6 Å². The van der Waals surface area contributed by atoms with E-state index in [9.17, 15) is 8.42 Å². The minimum Gasteiger partial charge on any atom is -0.440 e. The highest BCUT2D eigenvalue weighted by atomic mass is 35.5. The second-order valence-electron chi connectivity index (χ2n) is 5.89. The van der Waals surface area contributed by atoms with Gasteiger partial charge in [-0.15, -0.1) is 11.3 Å². The third-order valence-corrected chi connectivity index (χ3v) is 7.47. The van der Waals surface area contributed by atoms with E-state index in [4.69, 9.17) is 16.0 Å². The summed E-state index contributed by atoms with van der Waals surface area (Å²) < 4.78 is 33.6. The maximum atomic E-state index is 12.6. The molecular formula is C17H15ClN2O3S2. The number of aromatic nitrogens is 1. The molecule has 0 spiro atoms. The van der Waals surface area contributed by atoms with Crippen molar-refractivity contribution in [2.24, 2.45) is 0 Å². The van der Waals surface area contributed by atoms with Crippen molar-refractivity contribution in [1.82, 2.24) is 4.98 Å². The van der Waals surface area contributed by atoms with Gasteiger partial charge in [-0.25, -0.2) is 13.4 Å². The maximum Gasteiger partial charge on any atom is 0.271 e. The van der Waals surface area contributed by atoms with Crippen LogP contribution >= 0.6 is 22.9 Å². The summed E-state index contributed by atoms with van der Waals surface area (Å²) in [6, 6.07) is 10.0. The van der Waals surface area contributed by atoms with Gasteiger partial charge >= 0.3 is 0 Å². The highest BCUT2D eigenvalue weighted by Gasteiger charge is 2.25. The molecule has 1 N–H and O–H groups in total. The second-order valence-corrected chi connectivity index (χ2v) is 9.29. The van der Waals surface area contributed by atoms with E-state index in [0.29, 0.717) is 22.4 Å². The van der Waals surface area contributed by atoms with Gasteiger partial charge in [0.25, 0.3) is 10.0 Å². The molecule has 1 fully saturated rings. The Hall–Kier alpha value is -1.83. The monoisotopic (exact) mass is 394 g/mol. The first-order chi connectivity index (χ1) is 12.0. The molecule has 0 bridgehead atoms. The van der Waals surface area contributed by atoms with Crippen LogP contribution in [0, 0.1) is 0 Å². The Kier molecular flexibility index (Phi) is 4.31. The van der Waals surface area contributed by atoms with Crippen LogP contribution in [0.5, 0.6) is 0 Å². The normalized spacial score (nSPS) is 15.1. The van der Waals surface area contributed by atoms with Gasteiger partial charge in [0, 0.05) is 5.92 Å². The third-order valence-electron chi connectivity index (χ3n) is 4.19. The zero-order valence-electron chi connectivity index (χ0n) is 13.1. The summed E-state index contributed by atoms with van der Waals surface area (Å²) in [6.45, 7) is 0. The van der Waals surface area contributed by atoms with Gasteiger partial charge in [-0.05, 0) is 37.1 Å². The molecule has 1 aliphatic rings. The van der Waals surface area contributed by atoms with E-state index in [1.165, 1.54) is 6.42 Å². The molecule has 8 heteroatoms. The maximum absolute atomic E-state index is 12.6. The van der Waals surface area contributed by atoms with Crippen molar-refractivity contribution in [2.75, 3.05) is 4.72 Å². The quantitative estimate of drug-likeness (QED) is 0.651. The molecule has 0 radical (unpaired) electrons. The Morgan fingerprint density at radius 2 is 2.00 bits per heavy atom. The van der Waals surface area contributed by atoms with Crippen LogP contribution < -0.4 is 4.72 Å². The Labute approximate surface area is 154 Å². The summed E-state index contributed by atoms with van der Waals surface area (Å²) in [5, 5.41) is 0.350. The lowest BCUT2D eigenvalue weighted by molar-refractivity contribution is 0.338. The van der Waals surface area contributed by atoms with Gasteiger partial charge in [0.15, 0.2) is 11.7 Å². The average molecular weight is 395 g/mol. The van der Waals surface area contributed by atoms with E-state index in [0.717, 1.165) is 34.9 Å². The summed E-state index contributed by atoms with van der Waals surface area (Å²) in [5.41, 5.74) is 0.353. The summed E-state index contributed by atoms with van der Waals surface area (Å²) in [7, 11) is -3.70. The first kappa shape index (κ1) is 16.6. The first-order valence-corrected chi connectivity index (χ1v) is 10.5. The van der Waals surface area contributed by atoms with E-state index >= 15 is 0 Å². The summed E-state index contributed by atoms with van der Waals surface area (Å²) in [6.07, 6.45) is 5.08. The van der Waals surface area contributed by atoms with Crippen molar-refractivity contribution in [3.05, 3.63) is 53.5 Å². The Morgan fingerprint density at radius 1 is 1.20 bits per heavy atom. The molecule has 25 heavy (non-hydrogen) atoms. The van der Waals surface area contributed by atoms with Crippen LogP contribution in [0.4, 0.5) is 5.69 Å². The third kappa shape index (κ3) is 3.31. The molecule has 0 aliphatic heterocycles. The highest BCUT2D eigenvalue weighted by molar-refractivity contribution is 7.94. The van der Waals surface area contributed by atoms with Crippen molar-refractivity contribution < 1.29 is 12.8 Å². The van der Waals surface area contributed by atoms with E-state index in [1.54, 1.807) is 42.6 Å². The average Bonchev–Trinajstić information content (AvgIpc) is 3.17. The fourth-order valence-corrected chi connectivity index (χ4v) is 5.15. The van der Waals surface area contributed by atoms with Crippen LogP contribution in [0.1, 0.15) is 31.1 Å². The number of hydrogen-bond donors (Lipinski definition) is 1. The standard InChI is InChI=1S/C17H15ClN2O3S2/c18-12-6-1-2-7-13(12)20-25(21,22)16-9-8-15(24-16)14-10-19-17(23-14)11-4-3-5-11/h1-2,6-11,20H,3-5H2. The number of oxazole rings is 1. The molecular weight excluding hydrogens is 380 g/mol. The predicted molar refractivity (Wildman–Crippen MR) is 98.7 cm³/mol. The van der Waals surface area contributed by atoms with Gasteiger partial charge in [-0.1, -0.05) is 30.2 Å². The molecule has 2 aromatic heterocycles. The second kappa shape index (κ2) is 6.48. The number of benzene rings is 1. The van der Waals surface area contributed by atoms with E-state index in [-0.39, 0.29) is 4.21 Å². The van der Waals surface area contributed by atoms with Crippen molar-refractivity contribution in [2.45, 2.75) is 29.4 Å². The topological polar surface area (TPSA) is 72.2 Å². The molecule has 2 heterocycles. The lowest BCUT2D eigenvalue weighted by atomic mass is 9.85. The number of nitrogens with zero attached hydrogens (tertiary/aromatic N) is 1. The Morgan fingerprint density at radius 3 is 2.72 bits per heavy atom. The lowest BCUT2D eigenvalue weighted by Gasteiger charge is -2.21. The Bertz CT molecular complexity index is 1010. The molecule has 1 aliphatic carbocycles. The van der Waals surface area contributed by atoms with Gasteiger partial charge < -0.3 is 4.42 Å². The number of anilines is 1. The number of sulfonamides is 1. The molecule has 130 valence electrons. The van der Waals surface area contributed by atoms with Crippen LogP contribution in [-0.2, 0) is 10.0 Å². The van der Waals surface area contributed by atoms with Crippen LogP contribution in [-0.4, -0.2) is 13.4 Å². The van der Waals surface area contributed by atoms with Crippen LogP contribution in [0.15, 0.2) is 51.2 Å². The van der Waals surface area contributed by atoms with Crippen molar-refractivity contribution in [1.29, 1.82) is 0 Å². The molecule has 1 aromatic carbocycles. The zero-order chi connectivity index (χ0) is 17.4. The largest absolute Gasteiger partial charge is 0.440 e. The van der Waals surface area contributed by atoms with Crippen molar-refractivity contribution >= 4 is 38.6 Å². The number of hydrogen-bond acceptors (Lipinski definition) is 5. The van der Waals surface area contributed by atoms with Gasteiger partial charge in [0.2, 0.25) is 0 Å². The molecule has 5 nitrogen and oxygen atoms in total. The van der Waals surface area contributed by atoms with E-state index in [1.807, 2.05) is 0 Å². The molecule has 0 unspecified atom stereocenters. The highest BCUT2D eigenvalue weighted by Crippen LogP contribution is 2.39. The van der Waals surface area contributed by atoms with Crippen molar-refractivity contribution in [3.63, 3.8) is 0 Å². The lowest BCUT2D eigenvalue weighted by Crippen LogP contribution is -2.11. The molecule has 4 rings (SSSR count). The summed E-state index contributed by atoms with van der Waals surface area (Å²) in [4.78, 5) is 5.06. The molecule has 1 saturated carbocycles. The number of rotatable bonds is 5. The fourth-order valence-electron chi connectivity index (χ4n) is 2.58. The predicted octanol–water partition coefficient (Wildman–Crippen LogP) is 5.12. The van der Waals surface area contributed by atoms with Gasteiger partial charge in [-0.2, -0.15) is 0 Å². The first-order valence-electron chi connectivity index (χ1n) is 7.86. The Balaban J connectivity index is 1.57. The summed E-state index contributed by atoms with van der Waals surface area (Å²) >= 11 is 7.17. The minimum absolute atomic E-state index is 0.198. The van der Waals surface area contributed by atoms with Gasteiger partial charge in [0.05, 0.1) is 21.8 Å². The van der Waals surface area contributed by atoms with Crippen LogP contribution in [0.25, 0.3) is 10.6 Å². The SMILES string of the molecule is O=S(=O)(Nc1ccccc1Cl)c1ccc(-c2cnc(C3CCC3)o2)s1. The minimum atomic E-state index is -3.70. The van der Waals surface area contributed by atoms with Gasteiger partial charge in [-0.3, -0.25) is 4.72 Å². The van der Waals surface area contributed by atoms with Crippen LogP contribution in [0.3, 0.4) is 0 Å². The molecule has 0 atom stereocenters. The fraction of sp³-hybridized carbons (Fsp3) is 0.235. The number of thiophene rings is 1. The molecule has 0 saturated heterocycles. The number of nitrogens with one attached hydrogen (secondary N) is 1. The summed E-state index contributed by atoms with van der Waals surface area (Å²) in [5.74, 6) is 1.75. The smallest absolute Gasteiger partial charge is 0.271 e. The number of para-hydroxylation sites is 1. The van der Waals surface area contributed by atoms with Crippen LogP contribution in [0.2, 0.25) is 5.02 Å². The molecule has 3 aromatic rings.